The number of hydrogen-bond acceptors (Lipinski definition) is 2. The molecule has 0 spiro atoms. The van der Waals surface area contributed by atoms with E-state index in [1.807, 2.05) is 9.80 Å². The number of amides is 1. The lowest BCUT2D eigenvalue weighted by atomic mass is 9.96. The van der Waals surface area contributed by atoms with Crippen molar-refractivity contribution in [3.63, 3.8) is 0 Å². The molecular weight excluding hydrogens is 354 g/mol. The molecule has 2 aliphatic heterocycles. The van der Waals surface area contributed by atoms with E-state index in [0.29, 0.717) is 31.1 Å². The lowest BCUT2D eigenvalue weighted by Crippen LogP contribution is -2.39. The Balaban J connectivity index is 1.60. The van der Waals surface area contributed by atoms with E-state index < -0.39 is 11.6 Å². The molecule has 0 radical (unpaired) electrons. The van der Waals surface area contributed by atoms with Gasteiger partial charge in [0, 0.05) is 32.6 Å². The van der Waals surface area contributed by atoms with E-state index in [2.05, 4.69) is 15.9 Å². The maximum Gasteiger partial charge on any atom is 0.222 e. The molecule has 6 heteroatoms. The Morgan fingerprint density at radius 1 is 1.14 bits per heavy atom. The third kappa shape index (κ3) is 3.12. The smallest absolute Gasteiger partial charge is 0.222 e. The van der Waals surface area contributed by atoms with Crippen molar-refractivity contribution in [1.82, 2.24) is 4.90 Å². The zero-order valence-corrected chi connectivity index (χ0v) is 13.9. The van der Waals surface area contributed by atoms with Gasteiger partial charge in [-0.15, -0.1) is 0 Å². The fraction of sp³-hybridized carbons (Fsp3) is 0.562. The molecule has 0 atom stereocenters. The van der Waals surface area contributed by atoms with Gasteiger partial charge in [-0.2, -0.15) is 0 Å². The van der Waals surface area contributed by atoms with Gasteiger partial charge in [0.25, 0.3) is 0 Å². The number of anilines is 1. The first-order valence-electron chi connectivity index (χ1n) is 7.72. The van der Waals surface area contributed by atoms with Crippen LogP contribution in [0.5, 0.6) is 0 Å². The number of nitrogens with zero attached hydrogens (tertiary/aromatic N) is 2. The second-order valence-corrected chi connectivity index (χ2v) is 6.92. The molecule has 0 bridgehead atoms. The summed E-state index contributed by atoms with van der Waals surface area (Å²) in [5, 5.41) is 0. The van der Waals surface area contributed by atoms with Crippen molar-refractivity contribution in [3.05, 3.63) is 28.2 Å². The maximum absolute atomic E-state index is 14.0. The van der Waals surface area contributed by atoms with E-state index in [1.54, 1.807) is 12.1 Å². The molecule has 2 fully saturated rings. The van der Waals surface area contributed by atoms with Crippen LogP contribution in [0, 0.1) is 17.6 Å². The minimum atomic E-state index is -0.831. The molecule has 1 aromatic rings. The van der Waals surface area contributed by atoms with Crippen molar-refractivity contribution in [3.8, 4) is 0 Å². The molecule has 0 unspecified atom stereocenters. The maximum atomic E-state index is 14.0. The van der Waals surface area contributed by atoms with Gasteiger partial charge in [0.05, 0.1) is 10.2 Å². The fourth-order valence-corrected chi connectivity index (χ4v) is 3.63. The van der Waals surface area contributed by atoms with Gasteiger partial charge in [-0.05, 0) is 53.2 Å². The van der Waals surface area contributed by atoms with Gasteiger partial charge in [-0.3, -0.25) is 4.79 Å². The predicted molar refractivity (Wildman–Crippen MR) is 84.8 cm³/mol. The van der Waals surface area contributed by atoms with Crippen molar-refractivity contribution >= 4 is 27.5 Å². The van der Waals surface area contributed by atoms with Crippen molar-refractivity contribution in [1.29, 1.82) is 0 Å². The van der Waals surface area contributed by atoms with Crippen molar-refractivity contribution in [2.45, 2.75) is 25.7 Å². The van der Waals surface area contributed by atoms with Crippen LogP contribution in [-0.2, 0) is 4.79 Å². The molecule has 0 N–H and O–H groups in total. The average Bonchev–Trinajstić information content (AvgIpc) is 2.91. The van der Waals surface area contributed by atoms with Crippen LogP contribution in [0.15, 0.2) is 16.6 Å². The number of piperidine rings is 1. The monoisotopic (exact) mass is 372 g/mol. The normalized spacial score (nSPS) is 20.0. The van der Waals surface area contributed by atoms with Crippen LogP contribution in [0.2, 0.25) is 0 Å². The summed E-state index contributed by atoms with van der Waals surface area (Å²) in [6, 6.07) is 3.16. The van der Waals surface area contributed by atoms with E-state index >= 15 is 0 Å². The Morgan fingerprint density at radius 3 is 2.50 bits per heavy atom. The Kier molecular flexibility index (Phi) is 4.66. The second kappa shape index (κ2) is 6.52. The van der Waals surface area contributed by atoms with Crippen LogP contribution in [0.3, 0.4) is 0 Å². The highest BCUT2D eigenvalue weighted by Gasteiger charge is 2.27. The van der Waals surface area contributed by atoms with Crippen LogP contribution >= 0.6 is 15.9 Å². The summed E-state index contributed by atoms with van der Waals surface area (Å²) in [7, 11) is 0. The van der Waals surface area contributed by atoms with Crippen molar-refractivity contribution in [2.24, 2.45) is 5.92 Å². The first-order valence-corrected chi connectivity index (χ1v) is 8.52. The third-order valence-electron chi connectivity index (χ3n) is 4.62. The minimum Gasteiger partial charge on any atom is -0.369 e. The molecule has 1 amide bonds. The first kappa shape index (κ1) is 15.7. The van der Waals surface area contributed by atoms with E-state index in [9.17, 15) is 13.6 Å². The lowest BCUT2D eigenvalue weighted by molar-refractivity contribution is -0.128. The molecule has 0 aromatic heterocycles. The SMILES string of the molecule is O=C1CCCN1CC1CCN(c2ccc(Br)c(F)c2F)CC1. The largest absolute Gasteiger partial charge is 0.369 e. The fourth-order valence-electron chi connectivity index (χ4n) is 3.33. The van der Waals surface area contributed by atoms with Crippen molar-refractivity contribution < 1.29 is 13.6 Å². The molecule has 2 aliphatic rings. The predicted octanol–water partition coefficient (Wildman–Crippen LogP) is 3.57. The molecule has 120 valence electrons. The van der Waals surface area contributed by atoms with Gasteiger partial charge in [0.2, 0.25) is 5.91 Å². The molecule has 2 saturated heterocycles. The van der Waals surface area contributed by atoms with E-state index in [-0.39, 0.29) is 10.4 Å². The van der Waals surface area contributed by atoms with Crippen molar-refractivity contribution in [2.75, 3.05) is 31.1 Å². The summed E-state index contributed by atoms with van der Waals surface area (Å²) < 4.78 is 27.8. The van der Waals surface area contributed by atoms with Gasteiger partial charge < -0.3 is 9.80 Å². The topological polar surface area (TPSA) is 23.6 Å². The highest BCUT2D eigenvalue weighted by molar-refractivity contribution is 9.10. The molecule has 3 rings (SSSR count). The van der Waals surface area contributed by atoms with E-state index in [1.165, 1.54) is 0 Å². The van der Waals surface area contributed by atoms with Gasteiger partial charge in [0.1, 0.15) is 0 Å². The molecule has 22 heavy (non-hydrogen) atoms. The summed E-state index contributed by atoms with van der Waals surface area (Å²) in [5.41, 5.74) is 0.330. The Bertz CT molecular complexity index is 574. The van der Waals surface area contributed by atoms with Crippen LogP contribution in [0.4, 0.5) is 14.5 Å². The molecule has 1 aromatic carbocycles. The van der Waals surface area contributed by atoms with Crippen LogP contribution < -0.4 is 4.90 Å². The quantitative estimate of drug-likeness (QED) is 0.757. The number of carbonyl (C=O) groups excluding carboxylic acids is 1. The number of likely N-dealkylation sites (tertiary alicyclic amines) is 1. The van der Waals surface area contributed by atoms with Crippen LogP contribution in [0.25, 0.3) is 0 Å². The number of halogens is 3. The molecule has 3 nitrogen and oxygen atoms in total. The zero-order chi connectivity index (χ0) is 15.7. The number of rotatable bonds is 3. The molecular formula is C16H19BrF2N2O. The van der Waals surface area contributed by atoms with Crippen LogP contribution in [0.1, 0.15) is 25.7 Å². The zero-order valence-electron chi connectivity index (χ0n) is 12.3. The van der Waals surface area contributed by atoms with E-state index in [0.717, 1.165) is 32.4 Å². The Hall–Kier alpha value is -1.17. The summed E-state index contributed by atoms with van der Waals surface area (Å²) in [5.74, 6) is -0.907. The number of benzene rings is 1. The summed E-state index contributed by atoms with van der Waals surface area (Å²) in [4.78, 5) is 15.5. The van der Waals surface area contributed by atoms with Gasteiger partial charge in [-0.25, -0.2) is 8.78 Å². The Morgan fingerprint density at radius 2 is 1.86 bits per heavy atom. The number of carbonyl (C=O) groups is 1. The minimum absolute atomic E-state index is 0.149. The first-order chi connectivity index (χ1) is 10.6. The number of hydrogen-bond donors (Lipinski definition) is 0. The van der Waals surface area contributed by atoms with E-state index in [4.69, 9.17) is 0 Å². The highest BCUT2D eigenvalue weighted by atomic mass is 79.9. The summed E-state index contributed by atoms with van der Waals surface area (Å²) in [6.45, 7) is 3.07. The van der Waals surface area contributed by atoms with Gasteiger partial charge in [-0.1, -0.05) is 0 Å². The Labute approximate surface area is 137 Å². The second-order valence-electron chi connectivity index (χ2n) is 6.07. The summed E-state index contributed by atoms with van der Waals surface area (Å²) in [6.07, 6.45) is 3.44. The third-order valence-corrected chi connectivity index (χ3v) is 5.23. The molecule has 0 aliphatic carbocycles. The van der Waals surface area contributed by atoms with Crippen LogP contribution in [-0.4, -0.2) is 37.0 Å². The molecule has 0 saturated carbocycles. The standard InChI is InChI=1S/C16H19BrF2N2O/c17-12-3-4-13(16(19)15(12)18)20-8-5-11(6-9-20)10-21-7-1-2-14(21)22/h3-4,11H,1-2,5-10H2. The van der Waals surface area contributed by atoms with Gasteiger partial charge in [0.15, 0.2) is 11.6 Å². The summed E-state index contributed by atoms with van der Waals surface area (Å²) >= 11 is 3.00. The van der Waals surface area contributed by atoms with Gasteiger partial charge >= 0.3 is 0 Å². The lowest BCUT2D eigenvalue weighted by Gasteiger charge is -2.35. The average molecular weight is 373 g/mol. The molecule has 2 heterocycles. The highest BCUT2D eigenvalue weighted by Crippen LogP contribution is 2.30.